The Hall–Kier alpha value is -2.67. The van der Waals surface area contributed by atoms with Gasteiger partial charge in [-0.15, -0.1) is 0 Å². The van der Waals surface area contributed by atoms with Crippen LogP contribution in [0.4, 0.5) is 5.69 Å². The van der Waals surface area contributed by atoms with Crippen LogP contribution >= 0.6 is 12.2 Å². The second-order valence-electron chi connectivity index (χ2n) is 5.79. The predicted octanol–water partition coefficient (Wildman–Crippen LogP) is 4.42. The van der Waals surface area contributed by atoms with Crippen LogP contribution in [0.15, 0.2) is 33.7 Å². The summed E-state index contributed by atoms with van der Waals surface area (Å²) in [5.74, 6) is -0.516. The summed E-state index contributed by atoms with van der Waals surface area (Å²) in [5, 5.41) is 19.0. The van der Waals surface area contributed by atoms with E-state index in [1.807, 2.05) is 24.3 Å². The van der Waals surface area contributed by atoms with Crippen molar-refractivity contribution >= 4 is 41.7 Å². The maximum atomic E-state index is 10.5. The number of rotatable bonds is 7. The minimum atomic E-state index is -0.796. The molecular formula is C18H18N2O4S. The molecule has 0 radical (unpaired) electrons. The third-order valence-corrected chi connectivity index (χ3v) is 4.31. The van der Waals surface area contributed by atoms with E-state index in [9.17, 15) is 9.90 Å². The van der Waals surface area contributed by atoms with Crippen molar-refractivity contribution in [2.24, 2.45) is 4.99 Å². The van der Waals surface area contributed by atoms with E-state index in [-0.39, 0.29) is 17.1 Å². The first-order chi connectivity index (χ1) is 12.1. The van der Waals surface area contributed by atoms with Crippen molar-refractivity contribution in [2.75, 3.05) is 0 Å². The Balaban J connectivity index is 1.73. The summed E-state index contributed by atoms with van der Waals surface area (Å²) in [6.07, 6.45) is 5.67. The normalized spacial score (nSPS) is 14.2. The fourth-order valence-electron chi connectivity index (χ4n) is 2.72. The minimum Gasteiger partial charge on any atom is -0.492 e. The van der Waals surface area contributed by atoms with Crippen LogP contribution in [0.3, 0.4) is 0 Å². The van der Waals surface area contributed by atoms with Gasteiger partial charge in [0, 0.05) is 30.3 Å². The zero-order valence-corrected chi connectivity index (χ0v) is 14.3. The standard InChI is InChI=1S/C18H18N2O4S/c21-16(22)8-2-1-5-9-20-17(23)15(24-18(20)25)10-12-11-19-14-7-4-3-6-13(12)14/h3-4,6-7,10-11,23H,1-2,5,8-9H2,(H,21,22). The van der Waals surface area contributed by atoms with Crippen LogP contribution in [-0.2, 0) is 11.3 Å². The van der Waals surface area contributed by atoms with Gasteiger partial charge in [0.1, 0.15) is 0 Å². The number of hydrogen-bond donors (Lipinski definition) is 2. The smallest absolute Gasteiger partial charge is 0.303 e. The summed E-state index contributed by atoms with van der Waals surface area (Å²) in [4.78, 5) is 15.0. The number of unbranched alkanes of at least 4 members (excludes halogenated alkanes) is 2. The van der Waals surface area contributed by atoms with Gasteiger partial charge in [0.15, 0.2) is 5.76 Å². The van der Waals surface area contributed by atoms with Gasteiger partial charge in [-0.3, -0.25) is 14.4 Å². The van der Waals surface area contributed by atoms with Gasteiger partial charge < -0.3 is 14.6 Å². The molecule has 1 aromatic heterocycles. The number of fused-ring (bicyclic) bond motifs is 1. The van der Waals surface area contributed by atoms with Crippen LogP contribution in [-0.4, -0.2) is 27.0 Å². The highest BCUT2D eigenvalue weighted by atomic mass is 32.1. The van der Waals surface area contributed by atoms with Crippen molar-refractivity contribution in [2.45, 2.75) is 32.2 Å². The molecule has 0 aliphatic carbocycles. The van der Waals surface area contributed by atoms with Crippen LogP contribution in [0.25, 0.3) is 11.6 Å². The van der Waals surface area contributed by atoms with Crippen molar-refractivity contribution < 1.29 is 19.4 Å². The van der Waals surface area contributed by atoms with Gasteiger partial charge in [-0.25, -0.2) is 0 Å². The Bertz CT molecular complexity index is 908. The number of carboxylic acid groups (broad SMARTS) is 1. The average Bonchev–Trinajstić information content (AvgIpc) is 3.10. The summed E-state index contributed by atoms with van der Waals surface area (Å²) in [7, 11) is 0. The quantitative estimate of drug-likeness (QED) is 0.565. The molecule has 0 bridgehead atoms. The Morgan fingerprint density at radius 2 is 2.08 bits per heavy atom. The molecule has 2 aromatic rings. The second-order valence-corrected chi connectivity index (χ2v) is 6.14. The van der Waals surface area contributed by atoms with Gasteiger partial charge in [0.05, 0.1) is 5.69 Å². The minimum absolute atomic E-state index is 0.0199. The molecule has 0 unspecified atom stereocenters. The summed E-state index contributed by atoms with van der Waals surface area (Å²) < 4.78 is 7.04. The number of carboxylic acids is 1. The molecule has 3 rings (SSSR count). The lowest BCUT2D eigenvalue weighted by molar-refractivity contribution is -0.137. The monoisotopic (exact) mass is 358 g/mol. The number of oxazole rings is 1. The molecule has 0 atom stereocenters. The number of aliphatic carboxylic acids is 1. The molecule has 130 valence electrons. The number of para-hydroxylation sites is 1. The van der Waals surface area contributed by atoms with Crippen molar-refractivity contribution in [1.29, 1.82) is 0 Å². The number of carbonyl (C=O) groups is 1. The largest absolute Gasteiger partial charge is 0.492 e. The molecule has 1 aromatic carbocycles. The first-order valence-corrected chi connectivity index (χ1v) is 8.46. The zero-order chi connectivity index (χ0) is 17.8. The molecule has 6 nitrogen and oxygen atoms in total. The van der Waals surface area contributed by atoms with E-state index in [4.69, 9.17) is 21.7 Å². The number of nitrogens with zero attached hydrogens (tertiary/aromatic N) is 2. The molecule has 7 heteroatoms. The third kappa shape index (κ3) is 3.88. The molecule has 25 heavy (non-hydrogen) atoms. The Morgan fingerprint density at radius 3 is 2.88 bits per heavy atom. The van der Waals surface area contributed by atoms with Crippen molar-refractivity contribution in [1.82, 2.24) is 4.57 Å². The second kappa shape index (κ2) is 7.48. The Labute approximate surface area is 149 Å². The van der Waals surface area contributed by atoms with Crippen LogP contribution in [0, 0.1) is 4.84 Å². The summed E-state index contributed by atoms with van der Waals surface area (Å²) in [5.41, 5.74) is 2.71. The van der Waals surface area contributed by atoms with Crippen molar-refractivity contribution in [3.05, 3.63) is 40.4 Å². The molecule has 1 aliphatic rings. The molecule has 0 amide bonds. The number of benzene rings is 1. The van der Waals surface area contributed by atoms with Crippen LogP contribution in [0.2, 0.25) is 0 Å². The fraction of sp³-hybridized carbons (Fsp3) is 0.278. The van der Waals surface area contributed by atoms with E-state index in [2.05, 4.69) is 4.99 Å². The van der Waals surface area contributed by atoms with E-state index in [1.54, 1.807) is 12.3 Å². The third-order valence-electron chi connectivity index (χ3n) is 4.01. The lowest BCUT2D eigenvalue weighted by atomic mass is 10.1. The summed E-state index contributed by atoms with van der Waals surface area (Å²) in [6.45, 7) is 0.488. The summed E-state index contributed by atoms with van der Waals surface area (Å²) >= 11 is 5.18. The Morgan fingerprint density at radius 1 is 1.28 bits per heavy atom. The molecule has 2 N–H and O–H groups in total. The number of allylic oxidation sites excluding steroid dienone is 1. The van der Waals surface area contributed by atoms with Gasteiger partial charge in [0.25, 0.3) is 4.84 Å². The zero-order valence-electron chi connectivity index (χ0n) is 13.5. The molecule has 0 fully saturated rings. The lowest BCUT2D eigenvalue weighted by Gasteiger charge is -2.02. The maximum absolute atomic E-state index is 10.5. The highest BCUT2D eigenvalue weighted by Crippen LogP contribution is 2.34. The molecule has 0 saturated carbocycles. The van der Waals surface area contributed by atoms with E-state index < -0.39 is 5.97 Å². The first kappa shape index (κ1) is 17.2. The number of hydrogen-bond acceptors (Lipinski definition) is 5. The molecule has 2 heterocycles. The van der Waals surface area contributed by atoms with Gasteiger partial charge in [-0.05, 0) is 37.2 Å². The summed E-state index contributed by atoms with van der Waals surface area (Å²) in [6, 6.07) is 7.73. The average molecular weight is 358 g/mol. The van der Waals surface area contributed by atoms with Gasteiger partial charge in [0.2, 0.25) is 5.88 Å². The molecule has 0 spiro atoms. The number of aliphatic imine (C=N–C) groups is 1. The van der Waals surface area contributed by atoms with E-state index in [1.165, 1.54) is 4.57 Å². The van der Waals surface area contributed by atoms with Gasteiger partial charge >= 0.3 is 5.97 Å². The fourth-order valence-corrected chi connectivity index (χ4v) is 2.99. The molecule has 0 saturated heterocycles. The van der Waals surface area contributed by atoms with E-state index in [0.29, 0.717) is 18.7 Å². The van der Waals surface area contributed by atoms with E-state index in [0.717, 1.165) is 29.7 Å². The van der Waals surface area contributed by atoms with Crippen molar-refractivity contribution in [3.63, 3.8) is 0 Å². The van der Waals surface area contributed by atoms with Crippen LogP contribution in [0.5, 0.6) is 5.88 Å². The number of aromatic hydroxyl groups is 1. The first-order valence-electron chi connectivity index (χ1n) is 8.06. The Kier molecular flexibility index (Phi) is 5.14. The van der Waals surface area contributed by atoms with Crippen LogP contribution < -0.4 is 0 Å². The predicted molar refractivity (Wildman–Crippen MR) is 97.8 cm³/mol. The topological polar surface area (TPSA) is 88.0 Å². The maximum Gasteiger partial charge on any atom is 0.303 e. The lowest BCUT2D eigenvalue weighted by Crippen LogP contribution is -1.99. The van der Waals surface area contributed by atoms with Gasteiger partial charge in [-0.2, -0.15) is 0 Å². The molecule has 1 aliphatic heterocycles. The SMILES string of the molecule is O=C(O)CCCCCn1c(O)c(C=C2C=Nc3ccccc32)oc1=S. The van der Waals surface area contributed by atoms with E-state index >= 15 is 0 Å². The highest BCUT2D eigenvalue weighted by molar-refractivity contribution is 7.71. The van der Waals surface area contributed by atoms with Gasteiger partial charge in [-0.1, -0.05) is 24.6 Å². The molecular weight excluding hydrogens is 340 g/mol. The van der Waals surface area contributed by atoms with Crippen LogP contribution in [0.1, 0.15) is 37.0 Å². The number of aromatic nitrogens is 1. The highest BCUT2D eigenvalue weighted by Gasteiger charge is 2.16. The van der Waals surface area contributed by atoms with Crippen molar-refractivity contribution in [3.8, 4) is 5.88 Å².